The third kappa shape index (κ3) is 0.826. The number of hydrogen-bond acceptors (Lipinski definition) is 2. The maximum absolute atomic E-state index is 3.58. The number of fused-ring (bicyclic) bond motifs is 1. The van der Waals surface area contributed by atoms with E-state index in [0.29, 0.717) is 5.41 Å². The molecule has 3 saturated heterocycles. The first kappa shape index (κ1) is 7.34. The predicted octanol–water partition coefficient (Wildman–Crippen LogP) is 0.689. The second-order valence-electron chi connectivity index (χ2n) is 5.57. The Balaban J connectivity index is 1.64. The van der Waals surface area contributed by atoms with E-state index < -0.39 is 0 Å². The van der Waals surface area contributed by atoms with Crippen LogP contribution in [0.25, 0.3) is 0 Å². The van der Waals surface area contributed by atoms with Gasteiger partial charge in [-0.15, -0.1) is 0 Å². The van der Waals surface area contributed by atoms with Crippen molar-refractivity contribution in [3.05, 3.63) is 0 Å². The standard InChI is InChI=1S/C10H18N2/c1-10(2)5-12(6-10)9-7-3-8(9)11-4-7/h7-9,11H,3-6H2,1-2H3. The van der Waals surface area contributed by atoms with E-state index in [1.54, 1.807) is 0 Å². The van der Waals surface area contributed by atoms with Gasteiger partial charge in [0.15, 0.2) is 0 Å². The van der Waals surface area contributed by atoms with Gasteiger partial charge in [-0.1, -0.05) is 13.8 Å². The Morgan fingerprint density at radius 3 is 2.50 bits per heavy atom. The molecular weight excluding hydrogens is 148 g/mol. The molecule has 0 aromatic rings. The maximum Gasteiger partial charge on any atom is 0.0290 e. The van der Waals surface area contributed by atoms with Gasteiger partial charge in [-0.3, -0.25) is 4.90 Å². The Hall–Kier alpha value is -0.0800. The zero-order valence-corrected chi connectivity index (χ0v) is 8.01. The Kier molecular flexibility index (Phi) is 1.25. The van der Waals surface area contributed by atoms with Gasteiger partial charge >= 0.3 is 0 Å². The Bertz CT molecular complexity index is 190. The van der Waals surface area contributed by atoms with Crippen molar-refractivity contribution >= 4 is 0 Å². The van der Waals surface area contributed by atoms with Crippen molar-refractivity contribution < 1.29 is 0 Å². The van der Waals surface area contributed by atoms with Gasteiger partial charge in [0.2, 0.25) is 0 Å². The minimum absolute atomic E-state index is 0.606. The lowest BCUT2D eigenvalue weighted by Gasteiger charge is -2.55. The van der Waals surface area contributed by atoms with E-state index in [2.05, 4.69) is 24.1 Å². The number of nitrogens with one attached hydrogen (secondary N) is 1. The second kappa shape index (κ2) is 2.05. The van der Waals surface area contributed by atoms with E-state index in [9.17, 15) is 0 Å². The van der Waals surface area contributed by atoms with Crippen LogP contribution in [0.2, 0.25) is 0 Å². The summed E-state index contributed by atoms with van der Waals surface area (Å²) in [6, 6.07) is 1.77. The van der Waals surface area contributed by atoms with Gasteiger partial charge in [0, 0.05) is 25.2 Å². The highest BCUT2D eigenvalue weighted by Crippen LogP contribution is 2.43. The van der Waals surface area contributed by atoms with Gasteiger partial charge in [0.05, 0.1) is 0 Å². The van der Waals surface area contributed by atoms with Crippen molar-refractivity contribution in [2.75, 3.05) is 19.6 Å². The molecule has 1 aliphatic carbocycles. The Labute approximate surface area is 74.3 Å². The topological polar surface area (TPSA) is 15.3 Å². The fourth-order valence-electron chi connectivity index (χ4n) is 3.27. The lowest BCUT2D eigenvalue weighted by atomic mass is 9.73. The van der Waals surface area contributed by atoms with Crippen LogP contribution < -0.4 is 5.32 Å². The third-order valence-corrected chi connectivity index (χ3v) is 3.78. The lowest BCUT2D eigenvalue weighted by Crippen LogP contribution is -2.65. The monoisotopic (exact) mass is 166 g/mol. The largest absolute Gasteiger partial charge is 0.312 e. The average molecular weight is 166 g/mol. The first-order valence-electron chi connectivity index (χ1n) is 5.13. The molecule has 4 rings (SSSR count). The van der Waals surface area contributed by atoms with Crippen LogP contribution in [0.5, 0.6) is 0 Å². The van der Waals surface area contributed by atoms with Crippen LogP contribution in [-0.2, 0) is 0 Å². The van der Waals surface area contributed by atoms with E-state index in [0.717, 1.165) is 18.0 Å². The van der Waals surface area contributed by atoms with Crippen LogP contribution in [-0.4, -0.2) is 36.6 Å². The molecule has 68 valence electrons. The number of hydrogen-bond donors (Lipinski definition) is 1. The predicted molar refractivity (Wildman–Crippen MR) is 49.0 cm³/mol. The van der Waals surface area contributed by atoms with Gasteiger partial charge in [-0.2, -0.15) is 0 Å². The van der Waals surface area contributed by atoms with Crippen molar-refractivity contribution in [2.24, 2.45) is 11.3 Å². The molecule has 2 nitrogen and oxygen atoms in total. The molecule has 1 N–H and O–H groups in total. The van der Waals surface area contributed by atoms with Crippen molar-refractivity contribution in [1.29, 1.82) is 0 Å². The molecule has 4 aliphatic rings. The minimum atomic E-state index is 0.606. The Morgan fingerprint density at radius 1 is 1.33 bits per heavy atom. The fourth-order valence-corrected chi connectivity index (χ4v) is 3.27. The molecule has 3 atom stereocenters. The van der Waals surface area contributed by atoms with E-state index in [1.807, 2.05) is 0 Å². The molecule has 0 aromatic carbocycles. The van der Waals surface area contributed by atoms with Gasteiger partial charge in [0.25, 0.3) is 0 Å². The van der Waals surface area contributed by atoms with Crippen LogP contribution in [0, 0.1) is 11.3 Å². The van der Waals surface area contributed by atoms with Crippen molar-refractivity contribution in [3.8, 4) is 0 Å². The van der Waals surface area contributed by atoms with Crippen LogP contribution in [0.4, 0.5) is 0 Å². The molecular formula is C10H18N2. The van der Waals surface area contributed by atoms with Crippen LogP contribution >= 0.6 is 0 Å². The highest BCUT2D eigenvalue weighted by molar-refractivity contribution is 5.11. The minimum Gasteiger partial charge on any atom is -0.312 e. The molecule has 1 saturated carbocycles. The van der Waals surface area contributed by atoms with Gasteiger partial charge in [-0.05, 0) is 24.3 Å². The summed E-state index contributed by atoms with van der Waals surface area (Å²) in [5.74, 6) is 0.992. The average Bonchev–Trinajstić information content (AvgIpc) is 2.38. The molecule has 2 bridgehead atoms. The summed E-state index contributed by atoms with van der Waals surface area (Å²) in [5.41, 5.74) is 0.606. The SMILES string of the molecule is CC1(C)CN(C2C3CNC2C3)C1. The lowest BCUT2D eigenvalue weighted by molar-refractivity contribution is -0.0514. The highest BCUT2D eigenvalue weighted by atomic mass is 15.3. The molecule has 2 heteroatoms. The van der Waals surface area contributed by atoms with Crippen molar-refractivity contribution in [3.63, 3.8) is 0 Å². The summed E-state index contributed by atoms with van der Waals surface area (Å²) in [6.45, 7) is 8.68. The molecule has 0 spiro atoms. The number of rotatable bonds is 1. The number of nitrogens with zero attached hydrogens (tertiary/aromatic N) is 1. The summed E-state index contributed by atoms with van der Waals surface area (Å²) < 4.78 is 0. The van der Waals surface area contributed by atoms with Crippen LogP contribution in [0.3, 0.4) is 0 Å². The molecule has 3 heterocycles. The summed E-state index contributed by atoms with van der Waals surface area (Å²) >= 11 is 0. The first-order valence-corrected chi connectivity index (χ1v) is 5.13. The van der Waals surface area contributed by atoms with Crippen LogP contribution in [0.1, 0.15) is 20.3 Å². The summed E-state index contributed by atoms with van der Waals surface area (Å²) in [4.78, 5) is 2.68. The normalized spacial score (nSPS) is 50.0. The smallest absolute Gasteiger partial charge is 0.0290 e. The summed E-state index contributed by atoms with van der Waals surface area (Å²) in [5, 5.41) is 3.58. The summed E-state index contributed by atoms with van der Waals surface area (Å²) in [7, 11) is 0. The fraction of sp³-hybridized carbons (Fsp3) is 1.00. The van der Waals surface area contributed by atoms with E-state index in [-0.39, 0.29) is 0 Å². The van der Waals surface area contributed by atoms with Gasteiger partial charge in [-0.25, -0.2) is 0 Å². The molecule has 0 radical (unpaired) electrons. The Morgan fingerprint density at radius 2 is 2.08 bits per heavy atom. The number of likely N-dealkylation sites (tertiary alicyclic amines) is 1. The molecule has 3 aliphatic heterocycles. The molecule has 4 fully saturated rings. The first-order chi connectivity index (χ1) is 5.66. The summed E-state index contributed by atoms with van der Waals surface area (Å²) in [6.07, 6.45) is 1.45. The van der Waals surface area contributed by atoms with Gasteiger partial charge < -0.3 is 5.32 Å². The third-order valence-electron chi connectivity index (χ3n) is 3.78. The molecule has 3 unspecified atom stereocenters. The second-order valence-corrected chi connectivity index (χ2v) is 5.57. The zero-order chi connectivity index (χ0) is 8.34. The van der Waals surface area contributed by atoms with Crippen molar-refractivity contribution in [2.45, 2.75) is 32.4 Å². The highest BCUT2D eigenvalue weighted by Gasteiger charge is 2.53. The maximum atomic E-state index is 3.58. The molecule has 0 aromatic heterocycles. The quantitative estimate of drug-likeness (QED) is 0.616. The zero-order valence-electron chi connectivity index (χ0n) is 8.01. The van der Waals surface area contributed by atoms with Crippen LogP contribution in [0.15, 0.2) is 0 Å². The molecule has 12 heavy (non-hydrogen) atoms. The van der Waals surface area contributed by atoms with E-state index >= 15 is 0 Å². The van der Waals surface area contributed by atoms with E-state index in [1.165, 1.54) is 26.1 Å². The van der Waals surface area contributed by atoms with Gasteiger partial charge in [0.1, 0.15) is 0 Å². The van der Waals surface area contributed by atoms with Crippen molar-refractivity contribution in [1.82, 2.24) is 10.2 Å². The van der Waals surface area contributed by atoms with E-state index in [4.69, 9.17) is 0 Å². The molecule has 0 amide bonds.